The van der Waals surface area contributed by atoms with E-state index in [9.17, 15) is 4.79 Å². The summed E-state index contributed by atoms with van der Waals surface area (Å²) in [6.45, 7) is 8.94. The van der Waals surface area contributed by atoms with Gasteiger partial charge < -0.3 is 14.4 Å². The predicted octanol–water partition coefficient (Wildman–Crippen LogP) is 1.80. The van der Waals surface area contributed by atoms with Crippen molar-refractivity contribution in [3.63, 3.8) is 0 Å². The molecule has 0 radical (unpaired) electrons. The van der Waals surface area contributed by atoms with E-state index in [4.69, 9.17) is 9.47 Å². The van der Waals surface area contributed by atoms with Gasteiger partial charge in [0.25, 0.3) is 5.91 Å². The van der Waals surface area contributed by atoms with Crippen molar-refractivity contribution in [2.75, 3.05) is 45.9 Å². The lowest BCUT2D eigenvalue weighted by Gasteiger charge is -2.37. The van der Waals surface area contributed by atoms with Crippen LogP contribution in [0.2, 0.25) is 0 Å². The molecule has 1 aromatic carbocycles. The lowest BCUT2D eigenvalue weighted by molar-refractivity contribution is -0.139. The molecule has 130 valence electrons. The summed E-state index contributed by atoms with van der Waals surface area (Å²) in [6, 6.07) is 9.46. The molecule has 0 aliphatic carbocycles. The molecule has 0 unspecified atom stereocenters. The highest BCUT2D eigenvalue weighted by Crippen LogP contribution is 2.24. The van der Waals surface area contributed by atoms with E-state index in [0.29, 0.717) is 12.5 Å². The molecule has 2 aliphatic rings. The Hall–Kier alpha value is -1.85. The first kappa shape index (κ1) is 17.0. The van der Waals surface area contributed by atoms with Crippen LogP contribution < -0.4 is 4.74 Å². The van der Waals surface area contributed by atoms with Crippen LogP contribution in [0.5, 0.6) is 5.75 Å². The molecule has 0 aromatic heterocycles. The van der Waals surface area contributed by atoms with Crippen LogP contribution in [0.1, 0.15) is 6.42 Å². The van der Waals surface area contributed by atoms with Crippen LogP contribution in [0.15, 0.2) is 43.0 Å². The van der Waals surface area contributed by atoms with Gasteiger partial charge in [-0.15, -0.1) is 6.58 Å². The van der Waals surface area contributed by atoms with Gasteiger partial charge in [-0.25, -0.2) is 0 Å². The molecule has 2 fully saturated rings. The summed E-state index contributed by atoms with van der Waals surface area (Å²) < 4.78 is 11.6. The zero-order valence-electron chi connectivity index (χ0n) is 14.1. The highest BCUT2D eigenvalue weighted by Gasteiger charge is 2.34. The average molecular weight is 330 g/mol. The van der Waals surface area contributed by atoms with Crippen LogP contribution in [0.25, 0.3) is 0 Å². The molecule has 0 spiro atoms. The van der Waals surface area contributed by atoms with Gasteiger partial charge in [0.15, 0.2) is 6.61 Å². The van der Waals surface area contributed by atoms with Gasteiger partial charge in [0, 0.05) is 38.6 Å². The maximum atomic E-state index is 12.4. The second-order valence-electron chi connectivity index (χ2n) is 6.45. The second kappa shape index (κ2) is 8.31. The number of hydrogen-bond acceptors (Lipinski definition) is 4. The number of piperidine rings is 1. The summed E-state index contributed by atoms with van der Waals surface area (Å²) in [5.74, 6) is 1.26. The number of carbonyl (C=O) groups is 1. The number of likely N-dealkylation sites (tertiary alicyclic amines) is 1. The second-order valence-corrected chi connectivity index (χ2v) is 6.45. The smallest absolute Gasteiger partial charge is 0.260 e. The molecule has 0 N–H and O–H groups in total. The number of fused-ring (bicyclic) bond motifs is 1. The number of benzene rings is 1. The van der Waals surface area contributed by atoms with E-state index in [2.05, 4.69) is 11.5 Å². The SMILES string of the molecule is C=CCN1CCO[C@H]2CN(C(=O)COc3ccccc3)CC[C@@H]2C1. The Kier molecular flexibility index (Phi) is 5.88. The first-order chi connectivity index (χ1) is 11.8. The van der Waals surface area contributed by atoms with E-state index >= 15 is 0 Å². The summed E-state index contributed by atoms with van der Waals surface area (Å²) in [6.07, 6.45) is 3.06. The van der Waals surface area contributed by atoms with Crippen molar-refractivity contribution in [3.05, 3.63) is 43.0 Å². The van der Waals surface area contributed by atoms with Crippen molar-refractivity contribution in [3.8, 4) is 5.75 Å². The topological polar surface area (TPSA) is 42.0 Å². The highest BCUT2D eigenvalue weighted by molar-refractivity contribution is 5.77. The van der Waals surface area contributed by atoms with Crippen molar-refractivity contribution in [1.29, 1.82) is 0 Å². The Morgan fingerprint density at radius 1 is 1.29 bits per heavy atom. The van der Waals surface area contributed by atoms with Gasteiger partial charge in [0.2, 0.25) is 0 Å². The number of para-hydroxylation sites is 1. The maximum Gasteiger partial charge on any atom is 0.260 e. The van der Waals surface area contributed by atoms with Crippen molar-refractivity contribution < 1.29 is 14.3 Å². The fourth-order valence-electron chi connectivity index (χ4n) is 3.45. The Balaban J connectivity index is 1.51. The zero-order chi connectivity index (χ0) is 16.8. The monoisotopic (exact) mass is 330 g/mol. The minimum Gasteiger partial charge on any atom is -0.484 e. The molecule has 3 rings (SSSR count). The van der Waals surface area contributed by atoms with Crippen LogP contribution in [0, 0.1) is 5.92 Å². The van der Waals surface area contributed by atoms with Gasteiger partial charge in [-0.05, 0) is 18.6 Å². The van der Waals surface area contributed by atoms with Crippen LogP contribution in [-0.2, 0) is 9.53 Å². The van der Waals surface area contributed by atoms with E-state index in [1.807, 2.05) is 41.3 Å². The van der Waals surface area contributed by atoms with E-state index in [1.54, 1.807) is 0 Å². The summed E-state index contributed by atoms with van der Waals surface area (Å²) in [5.41, 5.74) is 0. The molecule has 1 aromatic rings. The van der Waals surface area contributed by atoms with Gasteiger partial charge in [0.05, 0.1) is 12.7 Å². The van der Waals surface area contributed by atoms with E-state index in [0.717, 1.165) is 45.0 Å². The molecular weight excluding hydrogens is 304 g/mol. The third kappa shape index (κ3) is 4.36. The number of carbonyl (C=O) groups excluding carboxylic acids is 1. The van der Waals surface area contributed by atoms with Crippen molar-refractivity contribution in [2.45, 2.75) is 12.5 Å². The third-order valence-corrected chi connectivity index (χ3v) is 4.77. The standard InChI is InChI=1S/C19H26N2O3/c1-2-9-20-11-12-23-18-14-21(10-8-16(18)13-20)19(22)15-24-17-6-4-3-5-7-17/h2-7,16,18H,1,8-15H2/t16-,18+/m1/s1. The van der Waals surface area contributed by atoms with Gasteiger partial charge in [-0.1, -0.05) is 24.3 Å². The molecular formula is C19H26N2O3. The van der Waals surface area contributed by atoms with Gasteiger partial charge in [0.1, 0.15) is 5.75 Å². The summed E-state index contributed by atoms with van der Waals surface area (Å²) in [7, 11) is 0. The van der Waals surface area contributed by atoms with Crippen molar-refractivity contribution >= 4 is 5.91 Å². The van der Waals surface area contributed by atoms with Gasteiger partial charge in [-0.3, -0.25) is 9.69 Å². The lowest BCUT2D eigenvalue weighted by atomic mass is 9.93. The van der Waals surface area contributed by atoms with Crippen LogP contribution in [0.4, 0.5) is 0 Å². The maximum absolute atomic E-state index is 12.4. The molecule has 2 aliphatic heterocycles. The molecule has 1 amide bonds. The van der Waals surface area contributed by atoms with Crippen LogP contribution in [0.3, 0.4) is 0 Å². The third-order valence-electron chi connectivity index (χ3n) is 4.77. The van der Waals surface area contributed by atoms with E-state index < -0.39 is 0 Å². The van der Waals surface area contributed by atoms with Crippen molar-refractivity contribution in [2.24, 2.45) is 5.92 Å². The Morgan fingerprint density at radius 3 is 2.92 bits per heavy atom. The molecule has 2 atom stereocenters. The number of ether oxygens (including phenoxy) is 2. The minimum absolute atomic E-state index is 0.0353. The van der Waals surface area contributed by atoms with Crippen LogP contribution in [-0.4, -0.2) is 67.7 Å². The number of nitrogens with zero attached hydrogens (tertiary/aromatic N) is 2. The molecule has 5 nitrogen and oxygen atoms in total. The molecule has 0 saturated carbocycles. The molecule has 24 heavy (non-hydrogen) atoms. The predicted molar refractivity (Wildman–Crippen MR) is 93.0 cm³/mol. The summed E-state index contributed by atoms with van der Waals surface area (Å²) >= 11 is 0. The fraction of sp³-hybridized carbons (Fsp3) is 0.526. The first-order valence-electron chi connectivity index (χ1n) is 8.66. The Labute approximate surface area is 143 Å². The van der Waals surface area contributed by atoms with Crippen LogP contribution >= 0.6 is 0 Å². The molecule has 2 heterocycles. The lowest BCUT2D eigenvalue weighted by Crippen LogP contribution is -2.50. The number of rotatable bonds is 5. The minimum atomic E-state index is 0.0353. The molecule has 5 heteroatoms. The Morgan fingerprint density at radius 2 is 2.12 bits per heavy atom. The first-order valence-corrected chi connectivity index (χ1v) is 8.66. The molecule has 0 bridgehead atoms. The quantitative estimate of drug-likeness (QED) is 0.772. The fourth-order valence-corrected chi connectivity index (χ4v) is 3.45. The highest BCUT2D eigenvalue weighted by atomic mass is 16.5. The van der Waals surface area contributed by atoms with Crippen molar-refractivity contribution in [1.82, 2.24) is 9.80 Å². The van der Waals surface area contributed by atoms with E-state index in [1.165, 1.54) is 0 Å². The normalized spacial score (nSPS) is 24.8. The average Bonchev–Trinajstić information content (AvgIpc) is 2.82. The number of amides is 1. The molecule has 2 saturated heterocycles. The largest absolute Gasteiger partial charge is 0.484 e. The van der Waals surface area contributed by atoms with Gasteiger partial charge >= 0.3 is 0 Å². The zero-order valence-corrected chi connectivity index (χ0v) is 14.1. The van der Waals surface area contributed by atoms with Gasteiger partial charge in [-0.2, -0.15) is 0 Å². The summed E-state index contributed by atoms with van der Waals surface area (Å²) in [4.78, 5) is 16.7. The number of hydrogen-bond donors (Lipinski definition) is 0. The summed E-state index contributed by atoms with van der Waals surface area (Å²) in [5, 5.41) is 0. The Bertz CT molecular complexity index is 549. The van der Waals surface area contributed by atoms with E-state index in [-0.39, 0.29) is 18.6 Å².